The number of fused-ring (bicyclic) bond motifs is 2. The minimum absolute atomic E-state index is 0.0112. The van der Waals surface area contributed by atoms with E-state index in [0.29, 0.717) is 88.7 Å². The number of nitrogens with zero attached hydrogens (tertiary/aromatic N) is 4. The second-order valence-electron chi connectivity index (χ2n) is 27.7. The lowest BCUT2D eigenvalue weighted by atomic mass is 9.39. The zero-order chi connectivity index (χ0) is 71.6. The molecule has 5 atom stereocenters. The quantitative estimate of drug-likeness (QED) is 0.0106. The number of rotatable bonds is 34. The summed E-state index contributed by atoms with van der Waals surface area (Å²) in [6.45, 7) is 7.30. The number of carboxylic acid groups (broad SMARTS) is 3. The lowest BCUT2D eigenvalue weighted by molar-refractivity contribution is -0.243. The number of ether oxygens (including phenoxy) is 6. The van der Waals surface area contributed by atoms with E-state index >= 15 is 0 Å². The molecule has 5 amide bonds. The molecular formula is C74H84N8O18S. The fraction of sp³-hybridized carbons (Fsp3) is 0.446. The minimum Gasteiger partial charge on any atom is -0.491 e. The zero-order valence-corrected chi connectivity index (χ0v) is 57.4. The molecule has 8 N–H and O–H groups in total. The molecule has 4 bridgehead atoms. The van der Waals surface area contributed by atoms with Crippen LogP contribution in [0, 0.1) is 21.7 Å². The van der Waals surface area contributed by atoms with E-state index in [-0.39, 0.29) is 135 Å². The number of carbonyl (C=O) groups is 8. The Morgan fingerprint density at radius 1 is 0.792 bits per heavy atom. The van der Waals surface area contributed by atoms with Crippen LogP contribution in [0.15, 0.2) is 109 Å². The lowest BCUT2D eigenvalue weighted by Crippen LogP contribution is -2.65. The van der Waals surface area contributed by atoms with E-state index in [4.69, 9.17) is 33.8 Å². The third-order valence-electron chi connectivity index (χ3n) is 19.3. The molecule has 0 radical (unpaired) electrons. The highest BCUT2D eigenvalue weighted by molar-refractivity contribution is 7.22. The van der Waals surface area contributed by atoms with Gasteiger partial charge in [-0.25, -0.2) is 24.4 Å². The number of nitrogens with one attached hydrogen (secondary N) is 4. The summed E-state index contributed by atoms with van der Waals surface area (Å²) in [6.07, 6.45) is 5.60. The number of hydrogen-bond donors (Lipinski definition) is 8. The first kappa shape index (κ1) is 72.6. The van der Waals surface area contributed by atoms with Crippen molar-refractivity contribution in [1.29, 1.82) is 5.41 Å². The zero-order valence-electron chi connectivity index (χ0n) is 56.6. The molecule has 2 aromatic heterocycles. The Balaban J connectivity index is 0.709. The molecule has 4 saturated carbocycles. The first-order valence-electron chi connectivity index (χ1n) is 33.9. The normalized spacial score (nSPS) is 23.0. The van der Waals surface area contributed by atoms with Gasteiger partial charge in [-0.15, -0.1) is 0 Å². The molecular weight excluding hydrogens is 1320 g/mol. The van der Waals surface area contributed by atoms with Crippen LogP contribution in [0.3, 0.4) is 0 Å². The highest BCUT2D eigenvalue weighted by Crippen LogP contribution is 2.71. The van der Waals surface area contributed by atoms with E-state index in [1.165, 1.54) is 39.4 Å². The van der Waals surface area contributed by atoms with E-state index in [1.807, 2.05) is 55.5 Å². The molecule has 6 aromatic rings. The summed E-state index contributed by atoms with van der Waals surface area (Å²) in [4.78, 5) is 113. The fourth-order valence-electron chi connectivity index (χ4n) is 16.0. The van der Waals surface area contributed by atoms with Gasteiger partial charge >= 0.3 is 24.0 Å². The largest absolute Gasteiger partial charge is 0.491 e. The maximum Gasteiger partial charge on any atom is 0.410 e. The lowest BCUT2D eigenvalue weighted by Gasteiger charge is -2.69. The number of aliphatic hydroxyl groups excluding tert-OH is 1. The highest BCUT2D eigenvalue weighted by Gasteiger charge is 2.66. The maximum absolute atomic E-state index is 14.1. The van der Waals surface area contributed by atoms with Gasteiger partial charge in [0.2, 0.25) is 12.2 Å². The first-order valence-corrected chi connectivity index (χ1v) is 34.7. The number of imide groups is 1. The van der Waals surface area contributed by atoms with Crippen molar-refractivity contribution in [3.8, 4) is 22.8 Å². The molecule has 4 heterocycles. The summed E-state index contributed by atoms with van der Waals surface area (Å²) in [6, 6.07) is 26.6. The number of pyridine rings is 1. The van der Waals surface area contributed by atoms with Crippen molar-refractivity contribution in [3.63, 3.8) is 0 Å². The maximum atomic E-state index is 14.1. The predicted octanol–water partition coefficient (Wildman–Crippen LogP) is 10.0. The Bertz CT molecular complexity index is 4160. The monoisotopic (exact) mass is 1400 g/mol. The number of amides is 5. The summed E-state index contributed by atoms with van der Waals surface area (Å²) in [5.74, 6) is -4.47. The molecule has 5 fully saturated rings. The number of aliphatic hydroxyl groups is 1. The summed E-state index contributed by atoms with van der Waals surface area (Å²) in [7, 11) is 0. The highest BCUT2D eigenvalue weighted by atomic mass is 32.1. The smallest absolute Gasteiger partial charge is 0.410 e. The standard InChI is InChI=1S/C74H84N8O18S/c1-45(54(36-75)51-19-20-55(78-65(51)68(92)93)47-16-15-46-10-9-11-52(53(46)32-47)66(89)80-69-79-56-12-6-7-13-59(56)101-69)77-44-73-39-71(2)38-72(3,40-73)42-74(41-71,43-73)98-29-27-81(26-23-63(87)88)70(94)97-37-48-17-18-50(35-57(48)99-64-34-49(83)33-58(100-64)67(90)91)96-31-30-95-28-24-76-60(84)14-5-4-8-25-82-61(85)21-22-62(82)86/h6-7,9-13,15-22,32,35-36,49,58,64,75,77,83H,4-5,8,14,23-31,33-34,37-44H2,1-3H3,(H,76,84)(H,87,88)(H,90,91)(H,92,93)(H,79,80,89)/b54-45+,75-36?/t49-,58-,64+,71?,72?,73?,74?/m1/s1. The van der Waals surface area contributed by atoms with Crippen molar-refractivity contribution in [2.45, 2.75) is 135 Å². The summed E-state index contributed by atoms with van der Waals surface area (Å²) in [5.41, 5.74) is 2.25. The minimum atomic E-state index is -1.36. The van der Waals surface area contributed by atoms with Gasteiger partial charge in [-0.1, -0.05) is 68.0 Å². The molecule has 27 heteroatoms. The second kappa shape index (κ2) is 31.5. The summed E-state index contributed by atoms with van der Waals surface area (Å²) in [5, 5.41) is 60.7. The van der Waals surface area contributed by atoms with Crippen molar-refractivity contribution in [3.05, 3.63) is 131 Å². The van der Waals surface area contributed by atoms with Crippen LogP contribution in [0.2, 0.25) is 0 Å². The van der Waals surface area contributed by atoms with E-state index in [0.717, 1.165) is 53.9 Å². The van der Waals surface area contributed by atoms with Crippen LogP contribution in [0.1, 0.15) is 136 Å². The first-order chi connectivity index (χ1) is 48.4. The third-order valence-corrected chi connectivity index (χ3v) is 20.3. The van der Waals surface area contributed by atoms with Gasteiger partial charge in [0, 0.05) is 110 Å². The SMILES string of the molecule is C/C(NCC12CC3(C)CC(C)(C1)CC(OCCN(CCC(=O)O)C(=O)OCc1ccc(OCCOCCNC(=O)CCCCCN4C(=O)C=CC4=O)cc1O[C@@H]1C[C@H](O)C[C@H](C(=O)O)O1)(C3)C2)=C(/C=N)c1ccc(-c2ccc3cccc(C(=O)Nc4nc5ccccc5s4)c3c2)nc1C(=O)O. The van der Waals surface area contributed by atoms with Crippen molar-refractivity contribution in [2.24, 2.45) is 16.2 Å². The van der Waals surface area contributed by atoms with Crippen molar-refractivity contribution in [2.75, 3.05) is 64.5 Å². The topological polar surface area (TPSA) is 365 Å². The molecule has 534 valence electrons. The van der Waals surface area contributed by atoms with Crippen molar-refractivity contribution >= 4 is 96.9 Å². The Hall–Kier alpha value is -9.67. The number of thiazole rings is 1. The van der Waals surface area contributed by atoms with Crippen LogP contribution in [0.25, 0.3) is 37.8 Å². The van der Waals surface area contributed by atoms with Gasteiger partial charge in [0.25, 0.3) is 17.7 Å². The second-order valence-corrected chi connectivity index (χ2v) is 28.7. The van der Waals surface area contributed by atoms with Crippen molar-refractivity contribution < 1.29 is 87.2 Å². The Kier molecular flexibility index (Phi) is 22.6. The van der Waals surface area contributed by atoms with Crippen LogP contribution < -0.4 is 25.4 Å². The van der Waals surface area contributed by atoms with Gasteiger partial charge in [0.15, 0.2) is 16.9 Å². The third kappa shape index (κ3) is 17.9. The van der Waals surface area contributed by atoms with Gasteiger partial charge in [0.05, 0.1) is 53.9 Å². The molecule has 2 unspecified atom stereocenters. The molecule has 0 spiro atoms. The Morgan fingerprint density at radius 3 is 2.32 bits per heavy atom. The van der Waals surface area contributed by atoms with Crippen molar-refractivity contribution in [1.82, 2.24) is 30.4 Å². The summed E-state index contributed by atoms with van der Waals surface area (Å²) >= 11 is 1.37. The van der Waals surface area contributed by atoms with Crippen LogP contribution >= 0.6 is 11.3 Å². The number of para-hydroxylation sites is 1. The molecule has 12 rings (SSSR count). The average Bonchev–Trinajstić information content (AvgIpc) is 1.08. The van der Waals surface area contributed by atoms with Crippen LogP contribution in [0.5, 0.6) is 11.5 Å². The van der Waals surface area contributed by atoms with Crippen LogP contribution in [-0.4, -0.2) is 177 Å². The van der Waals surface area contributed by atoms with Gasteiger partial charge in [-0.05, 0) is 134 Å². The fourth-order valence-corrected chi connectivity index (χ4v) is 16.8. The number of benzene rings is 4. The van der Waals surface area contributed by atoms with E-state index in [9.17, 15) is 58.8 Å². The number of hydrogen-bond acceptors (Lipinski definition) is 20. The molecule has 101 heavy (non-hydrogen) atoms. The number of carboxylic acids is 3. The number of aliphatic carboxylic acids is 2. The number of carbonyl (C=O) groups excluding carboxylic acids is 5. The molecule has 26 nitrogen and oxygen atoms in total. The average molecular weight is 1410 g/mol. The Morgan fingerprint density at radius 2 is 1.57 bits per heavy atom. The van der Waals surface area contributed by atoms with Gasteiger partial charge in [-0.2, -0.15) is 0 Å². The van der Waals surface area contributed by atoms with E-state index in [2.05, 4.69) is 39.8 Å². The molecule has 4 aliphatic carbocycles. The van der Waals surface area contributed by atoms with Gasteiger partial charge < -0.3 is 69.8 Å². The molecule has 2 aliphatic heterocycles. The number of allylic oxidation sites excluding steroid dienone is 2. The number of aromatic nitrogens is 2. The predicted molar refractivity (Wildman–Crippen MR) is 372 cm³/mol. The molecule has 4 aromatic carbocycles. The number of aromatic carboxylic acids is 1. The van der Waals surface area contributed by atoms with Gasteiger partial charge in [0.1, 0.15) is 24.7 Å². The molecule has 6 aliphatic rings. The Labute approximate surface area is 586 Å². The van der Waals surface area contributed by atoms with E-state index < -0.39 is 48.1 Å². The van der Waals surface area contributed by atoms with Crippen LogP contribution in [0.4, 0.5) is 9.93 Å². The van der Waals surface area contributed by atoms with Gasteiger partial charge in [-0.3, -0.25) is 34.2 Å². The number of unbranched alkanes of at least 4 members (excludes halogenated alkanes) is 2. The van der Waals surface area contributed by atoms with Crippen LogP contribution in [-0.2, 0) is 49.5 Å². The van der Waals surface area contributed by atoms with E-state index in [1.54, 1.807) is 36.4 Å². The molecule has 1 saturated heterocycles. The summed E-state index contributed by atoms with van der Waals surface area (Å²) < 4.78 is 37.3. The number of anilines is 1.